The molecule has 0 bridgehead atoms. The average molecular weight is 306 g/mol. The molecule has 22 heavy (non-hydrogen) atoms. The van der Waals surface area contributed by atoms with Crippen molar-refractivity contribution in [3.63, 3.8) is 0 Å². The van der Waals surface area contributed by atoms with Gasteiger partial charge in [0.1, 0.15) is 5.75 Å². The zero-order valence-corrected chi connectivity index (χ0v) is 15.2. The van der Waals surface area contributed by atoms with Gasteiger partial charge in [0.15, 0.2) is 6.10 Å². The number of carboxylic acids is 1. The number of carboxylic acid groups (broad SMARTS) is 1. The first-order valence-corrected chi connectivity index (χ1v) is 7.88. The minimum absolute atomic E-state index is 0.0444. The van der Waals surface area contributed by atoms with Crippen LogP contribution in [0.2, 0.25) is 0 Å². The van der Waals surface area contributed by atoms with E-state index in [1.165, 1.54) is 5.56 Å². The van der Waals surface area contributed by atoms with E-state index in [4.69, 9.17) is 4.74 Å². The summed E-state index contributed by atoms with van der Waals surface area (Å²) in [6.07, 6.45) is -0.832. The zero-order chi connectivity index (χ0) is 17.3. The topological polar surface area (TPSA) is 46.5 Å². The van der Waals surface area contributed by atoms with Crippen molar-refractivity contribution in [2.45, 2.75) is 72.3 Å². The molecule has 0 aliphatic heterocycles. The van der Waals surface area contributed by atoms with E-state index in [9.17, 15) is 9.90 Å². The molecule has 124 valence electrons. The molecule has 0 spiro atoms. The van der Waals surface area contributed by atoms with Crippen molar-refractivity contribution in [3.8, 4) is 5.75 Å². The van der Waals surface area contributed by atoms with E-state index < -0.39 is 12.1 Å². The minimum Gasteiger partial charge on any atom is -0.478 e. The Morgan fingerprint density at radius 3 is 1.95 bits per heavy atom. The molecule has 3 heteroatoms. The second-order valence-electron chi connectivity index (χ2n) is 8.33. The Bertz CT molecular complexity index is 531. The zero-order valence-electron chi connectivity index (χ0n) is 15.2. The minimum atomic E-state index is -0.922. The Morgan fingerprint density at radius 2 is 1.59 bits per heavy atom. The van der Waals surface area contributed by atoms with E-state index in [2.05, 4.69) is 47.6 Å². The first-order valence-electron chi connectivity index (χ1n) is 7.88. The molecule has 0 aliphatic carbocycles. The van der Waals surface area contributed by atoms with E-state index in [1.807, 2.05) is 26.0 Å². The Labute approximate surface area is 134 Å². The smallest absolute Gasteiger partial charge is 0.345 e. The van der Waals surface area contributed by atoms with E-state index in [0.29, 0.717) is 5.75 Å². The first-order chi connectivity index (χ1) is 9.84. The maximum absolute atomic E-state index is 11.4. The number of hydrogen-bond donors (Lipinski definition) is 1. The highest BCUT2D eigenvalue weighted by atomic mass is 16.5. The number of carbonyl (C=O) groups is 1. The van der Waals surface area contributed by atoms with Crippen LogP contribution in [-0.2, 0) is 15.6 Å². The van der Waals surface area contributed by atoms with Gasteiger partial charge >= 0.3 is 5.97 Å². The van der Waals surface area contributed by atoms with Crippen molar-refractivity contribution in [1.82, 2.24) is 0 Å². The molecule has 1 aromatic rings. The Hall–Kier alpha value is -1.51. The van der Waals surface area contributed by atoms with Gasteiger partial charge in [-0.1, -0.05) is 67.5 Å². The molecule has 1 N–H and O–H groups in total. The number of rotatable bonds is 4. The lowest BCUT2D eigenvalue weighted by molar-refractivity contribution is -0.147. The van der Waals surface area contributed by atoms with E-state index in [-0.39, 0.29) is 16.7 Å². The number of aliphatic carboxylic acids is 1. The van der Waals surface area contributed by atoms with Crippen LogP contribution in [0.5, 0.6) is 5.75 Å². The number of hydrogen-bond acceptors (Lipinski definition) is 2. The number of ether oxygens (including phenoxy) is 1. The van der Waals surface area contributed by atoms with Gasteiger partial charge in [0.2, 0.25) is 0 Å². The van der Waals surface area contributed by atoms with Crippen molar-refractivity contribution in [3.05, 3.63) is 29.3 Å². The predicted molar refractivity (Wildman–Crippen MR) is 90.7 cm³/mol. The first kappa shape index (κ1) is 18.5. The summed E-state index contributed by atoms with van der Waals surface area (Å²) >= 11 is 0. The monoisotopic (exact) mass is 306 g/mol. The van der Waals surface area contributed by atoms with Gasteiger partial charge in [-0.2, -0.15) is 0 Å². The molecule has 0 aromatic heterocycles. The van der Waals surface area contributed by atoms with Gasteiger partial charge in [-0.05, 0) is 28.0 Å². The maximum atomic E-state index is 11.4. The van der Waals surface area contributed by atoms with Crippen LogP contribution in [-0.4, -0.2) is 17.2 Å². The van der Waals surface area contributed by atoms with Crippen LogP contribution in [0.1, 0.15) is 66.5 Å². The Balaban J connectivity index is 3.33. The molecule has 0 radical (unpaired) electrons. The Morgan fingerprint density at radius 1 is 1.05 bits per heavy atom. The highest BCUT2D eigenvalue weighted by Crippen LogP contribution is 2.36. The third-order valence-electron chi connectivity index (χ3n) is 3.76. The van der Waals surface area contributed by atoms with Gasteiger partial charge in [-0.25, -0.2) is 4.79 Å². The average Bonchev–Trinajstić information content (AvgIpc) is 2.32. The van der Waals surface area contributed by atoms with Crippen molar-refractivity contribution in [2.75, 3.05) is 0 Å². The normalized spacial score (nSPS) is 14.0. The lowest BCUT2D eigenvalue weighted by Gasteiger charge is -2.29. The molecule has 0 saturated carbocycles. The van der Waals surface area contributed by atoms with Crippen molar-refractivity contribution >= 4 is 5.97 Å². The maximum Gasteiger partial charge on any atom is 0.345 e. The summed E-state index contributed by atoms with van der Waals surface area (Å²) in [4.78, 5) is 11.4. The fourth-order valence-electron chi connectivity index (χ4n) is 2.29. The summed E-state index contributed by atoms with van der Waals surface area (Å²) in [7, 11) is 0. The van der Waals surface area contributed by atoms with Crippen LogP contribution in [0.4, 0.5) is 0 Å². The van der Waals surface area contributed by atoms with E-state index >= 15 is 0 Å². The fraction of sp³-hybridized carbons (Fsp3) is 0.632. The second-order valence-corrected chi connectivity index (χ2v) is 8.33. The largest absolute Gasteiger partial charge is 0.478 e. The molecule has 1 atom stereocenters. The molecule has 1 aromatic carbocycles. The lowest BCUT2D eigenvalue weighted by Crippen LogP contribution is -2.33. The second kappa shape index (κ2) is 6.31. The van der Waals surface area contributed by atoms with Crippen molar-refractivity contribution < 1.29 is 14.6 Å². The molecule has 1 rings (SSSR count). The summed E-state index contributed by atoms with van der Waals surface area (Å²) in [5, 5.41) is 9.36. The van der Waals surface area contributed by atoms with E-state index in [0.717, 1.165) is 5.56 Å². The molecule has 0 saturated heterocycles. The van der Waals surface area contributed by atoms with Crippen LogP contribution in [0.3, 0.4) is 0 Å². The molecule has 3 nitrogen and oxygen atoms in total. The standard InChI is InChI=1S/C19H30O3/c1-12(2)16(17(20)21)22-15-10-9-13(18(3,4)5)11-14(15)19(6,7)8/h9-12,16H,1-8H3,(H,20,21). The molecule has 0 amide bonds. The van der Waals surface area contributed by atoms with Gasteiger partial charge in [0.05, 0.1) is 0 Å². The number of benzene rings is 1. The lowest BCUT2D eigenvalue weighted by atomic mass is 9.80. The quantitative estimate of drug-likeness (QED) is 0.871. The van der Waals surface area contributed by atoms with E-state index in [1.54, 1.807) is 0 Å². The molecule has 0 fully saturated rings. The van der Waals surface area contributed by atoms with Crippen molar-refractivity contribution in [2.24, 2.45) is 5.92 Å². The van der Waals surface area contributed by atoms with Crippen LogP contribution < -0.4 is 4.74 Å². The summed E-state index contributed by atoms with van der Waals surface area (Å²) in [6.45, 7) is 16.6. The molecular formula is C19H30O3. The summed E-state index contributed by atoms with van der Waals surface area (Å²) in [5.74, 6) is -0.344. The third kappa shape index (κ3) is 4.49. The van der Waals surface area contributed by atoms with Crippen molar-refractivity contribution in [1.29, 1.82) is 0 Å². The van der Waals surface area contributed by atoms with Crippen LogP contribution in [0.15, 0.2) is 18.2 Å². The van der Waals surface area contributed by atoms with Gasteiger partial charge in [-0.3, -0.25) is 0 Å². The highest BCUT2D eigenvalue weighted by Gasteiger charge is 2.28. The third-order valence-corrected chi connectivity index (χ3v) is 3.76. The fourth-order valence-corrected chi connectivity index (χ4v) is 2.29. The van der Waals surface area contributed by atoms with Crippen LogP contribution in [0.25, 0.3) is 0 Å². The molecule has 0 aliphatic rings. The van der Waals surface area contributed by atoms with Crippen LogP contribution >= 0.6 is 0 Å². The van der Waals surface area contributed by atoms with Gasteiger partial charge in [-0.15, -0.1) is 0 Å². The predicted octanol–water partition coefficient (Wildman–Crippen LogP) is 4.77. The van der Waals surface area contributed by atoms with Gasteiger partial charge in [0, 0.05) is 5.92 Å². The van der Waals surface area contributed by atoms with Gasteiger partial charge in [0.25, 0.3) is 0 Å². The SMILES string of the molecule is CC(C)C(Oc1ccc(C(C)(C)C)cc1C(C)(C)C)C(=O)O. The molecule has 0 heterocycles. The molecule has 1 unspecified atom stereocenters. The van der Waals surface area contributed by atoms with Gasteiger partial charge < -0.3 is 9.84 Å². The summed E-state index contributed by atoms with van der Waals surface area (Å²) in [6, 6.07) is 6.10. The Kier molecular flexibility index (Phi) is 5.32. The highest BCUT2D eigenvalue weighted by molar-refractivity contribution is 5.73. The summed E-state index contributed by atoms with van der Waals surface area (Å²) < 4.78 is 5.86. The summed E-state index contributed by atoms with van der Waals surface area (Å²) in [5.41, 5.74) is 2.20. The van der Waals surface area contributed by atoms with Crippen LogP contribution in [0, 0.1) is 5.92 Å². The molecular weight excluding hydrogens is 276 g/mol.